The molecule has 4 aromatic carbocycles. The van der Waals surface area contributed by atoms with Gasteiger partial charge in [0.25, 0.3) is 17.7 Å². The summed E-state index contributed by atoms with van der Waals surface area (Å²) in [6, 6.07) is 40.5. The van der Waals surface area contributed by atoms with E-state index >= 15 is 0 Å². The van der Waals surface area contributed by atoms with Gasteiger partial charge >= 0.3 is 0 Å². The Kier molecular flexibility index (Phi) is 17.3. The van der Waals surface area contributed by atoms with E-state index in [9.17, 15) is 19.5 Å². The number of nitrogens with zero attached hydrogens (tertiary/aromatic N) is 5. The fourth-order valence-corrected chi connectivity index (χ4v) is 10.3. The SMILES string of the molecule is Cc1c(C(=O)N(C)C)sc(Br)c1N=C(c1ccccc1)c1ccccc1.Cc1sc(C(=O)N(C)C)c(C)c1N=C(c1ccccc1)c1ccccc1.Cc1sc(C(=O)N(C)C)c(O)c1N. The van der Waals surface area contributed by atoms with E-state index in [2.05, 4.69) is 40.2 Å². The summed E-state index contributed by atoms with van der Waals surface area (Å²) < 4.78 is 0.865. The van der Waals surface area contributed by atoms with E-state index in [0.717, 1.165) is 74.6 Å². The Morgan fingerprint density at radius 3 is 1.14 bits per heavy atom. The number of aryl methyl sites for hydroxylation is 2. The van der Waals surface area contributed by atoms with Crippen LogP contribution in [-0.4, -0.2) is 91.2 Å². The maximum Gasteiger partial charge on any atom is 0.267 e. The number of anilines is 1. The summed E-state index contributed by atoms with van der Waals surface area (Å²) in [5.41, 5.74) is 15.4. The highest BCUT2D eigenvalue weighted by atomic mass is 79.9. The zero-order valence-corrected chi connectivity index (χ0v) is 42.2. The highest BCUT2D eigenvalue weighted by molar-refractivity contribution is 9.11. The van der Waals surface area contributed by atoms with Crippen molar-refractivity contribution in [1.29, 1.82) is 0 Å². The molecule has 0 saturated heterocycles. The van der Waals surface area contributed by atoms with E-state index in [1.807, 2.05) is 118 Å². The molecule has 0 aliphatic heterocycles. The summed E-state index contributed by atoms with van der Waals surface area (Å²) in [6.07, 6.45) is 0. The standard InChI is InChI=1S/C22H22N2OS.C21H19BrN2OS.C8H12N2O2S/c1-15-19(16(2)26-21(15)22(25)24(3)4)23-20(17-11-7-5-8-12-17)18-13-9-6-10-14-18;1-14-17(20(22)26-19(14)21(25)24(2)3)23-18(15-10-6-4-7-11-15)16-12-8-5-9-13-16;1-4-5(9)6(11)7(13-4)8(12)10(2)3/h5-14H,1-4H3;4-13H,1-3H3;11H,9H2,1-3H3. The molecule has 0 bridgehead atoms. The average Bonchev–Trinajstić information content (AvgIpc) is 3.86. The number of rotatable bonds is 9. The van der Waals surface area contributed by atoms with Crippen LogP contribution in [0, 0.1) is 27.7 Å². The third-order valence-corrected chi connectivity index (χ3v) is 14.1. The summed E-state index contributed by atoms with van der Waals surface area (Å²) in [5.74, 6) is -0.294. The van der Waals surface area contributed by atoms with Gasteiger partial charge in [0.05, 0.1) is 42.0 Å². The highest BCUT2D eigenvalue weighted by Gasteiger charge is 2.23. The minimum absolute atomic E-state index is 0.00405. The summed E-state index contributed by atoms with van der Waals surface area (Å²) in [6.45, 7) is 7.72. The first-order chi connectivity index (χ1) is 30.9. The Balaban J connectivity index is 0.000000194. The second-order valence-corrected chi connectivity index (χ2v) is 20.2. The van der Waals surface area contributed by atoms with Gasteiger partial charge in [-0.1, -0.05) is 121 Å². The average molecular weight is 990 g/mol. The van der Waals surface area contributed by atoms with Gasteiger partial charge in [-0.2, -0.15) is 0 Å². The van der Waals surface area contributed by atoms with Crippen LogP contribution in [0.3, 0.4) is 0 Å². The predicted molar refractivity (Wildman–Crippen MR) is 276 cm³/mol. The van der Waals surface area contributed by atoms with Crippen molar-refractivity contribution in [3.8, 4) is 5.75 Å². The number of thiophene rings is 3. The van der Waals surface area contributed by atoms with Crippen molar-refractivity contribution >= 4 is 96.1 Å². The maximum atomic E-state index is 12.4. The number of carbonyl (C=O) groups is 3. The summed E-state index contributed by atoms with van der Waals surface area (Å²) in [5, 5.41) is 9.48. The van der Waals surface area contributed by atoms with Crippen molar-refractivity contribution in [3.05, 3.63) is 183 Å². The molecular formula is C51H53BrN6O4S3. The number of carbonyl (C=O) groups excluding carboxylic acids is 3. The first-order valence-electron chi connectivity index (χ1n) is 20.4. The zero-order valence-electron chi connectivity index (χ0n) is 38.1. The first-order valence-corrected chi connectivity index (χ1v) is 23.7. The van der Waals surface area contributed by atoms with Gasteiger partial charge in [0.15, 0.2) is 5.75 Å². The maximum absolute atomic E-state index is 12.4. The number of aromatic hydroxyl groups is 1. The number of halogens is 1. The lowest BCUT2D eigenvalue weighted by molar-refractivity contribution is 0.0822. The fraction of sp³-hybridized carbons (Fsp3) is 0.196. The van der Waals surface area contributed by atoms with Crippen molar-refractivity contribution in [3.63, 3.8) is 0 Å². The van der Waals surface area contributed by atoms with Crippen molar-refractivity contribution in [2.45, 2.75) is 27.7 Å². The molecule has 0 fully saturated rings. The molecule has 0 saturated carbocycles. The molecule has 336 valence electrons. The molecule has 10 nitrogen and oxygen atoms in total. The monoisotopic (exact) mass is 988 g/mol. The Hall–Kier alpha value is -6.19. The van der Waals surface area contributed by atoms with Crippen molar-refractivity contribution in [2.24, 2.45) is 9.98 Å². The van der Waals surface area contributed by atoms with Gasteiger partial charge in [-0.15, -0.1) is 34.0 Å². The Morgan fingerprint density at radius 1 is 0.492 bits per heavy atom. The van der Waals surface area contributed by atoms with E-state index in [1.165, 1.54) is 38.9 Å². The van der Waals surface area contributed by atoms with Crippen LogP contribution in [0.15, 0.2) is 135 Å². The number of nitrogens with two attached hydrogens (primary N) is 1. The number of hydrogen-bond acceptors (Lipinski definition) is 10. The zero-order chi connectivity index (χ0) is 47.5. The Morgan fingerprint density at radius 2 is 0.800 bits per heavy atom. The molecule has 65 heavy (non-hydrogen) atoms. The Labute approximate surface area is 402 Å². The van der Waals surface area contributed by atoms with Gasteiger partial charge in [0.2, 0.25) is 0 Å². The van der Waals surface area contributed by atoms with Crippen LogP contribution in [-0.2, 0) is 0 Å². The van der Waals surface area contributed by atoms with E-state index in [0.29, 0.717) is 15.4 Å². The largest absolute Gasteiger partial charge is 0.504 e. The molecule has 0 unspecified atom stereocenters. The molecule has 7 aromatic rings. The number of hydrogen-bond donors (Lipinski definition) is 2. The minimum Gasteiger partial charge on any atom is -0.504 e. The molecule has 3 amide bonds. The van der Waals surface area contributed by atoms with Gasteiger partial charge in [0, 0.05) is 74.3 Å². The molecule has 0 aliphatic carbocycles. The second kappa shape index (κ2) is 22.6. The van der Waals surface area contributed by atoms with Crippen LogP contribution in [0.1, 0.15) is 72.2 Å². The summed E-state index contributed by atoms with van der Waals surface area (Å²) >= 11 is 7.75. The number of aliphatic imine (C=N–C) groups is 2. The molecule has 0 radical (unpaired) electrons. The van der Waals surface area contributed by atoms with E-state index in [-0.39, 0.29) is 23.5 Å². The molecule has 14 heteroatoms. The van der Waals surface area contributed by atoms with Crippen LogP contribution in [0.4, 0.5) is 17.1 Å². The van der Waals surface area contributed by atoms with E-state index in [4.69, 9.17) is 15.7 Å². The summed E-state index contributed by atoms with van der Waals surface area (Å²) in [7, 11) is 10.3. The Bertz CT molecular complexity index is 2570. The van der Waals surface area contributed by atoms with Crippen LogP contribution < -0.4 is 5.73 Å². The molecule has 0 spiro atoms. The molecule has 0 aliphatic rings. The second-order valence-electron chi connectivity index (χ2n) is 15.4. The van der Waals surface area contributed by atoms with E-state index in [1.54, 1.807) is 59.0 Å². The quantitative estimate of drug-likeness (QED) is 0.139. The van der Waals surface area contributed by atoms with Crippen LogP contribution >= 0.6 is 49.9 Å². The first kappa shape index (κ1) is 49.8. The molecule has 3 heterocycles. The lowest BCUT2D eigenvalue weighted by atomic mass is 10.0. The number of nitrogen functional groups attached to an aromatic ring is 1. The predicted octanol–water partition coefficient (Wildman–Crippen LogP) is 12.0. The number of benzene rings is 4. The lowest BCUT2D eigenvalue weighted by Gasteiger charge is -2.10. The lowest BCUT2D eigenvalue weighted by Crippen LogP contribution is -2.21. The van der Waals surface area contributed by atoms with Gasteiger partial charge in [-0.3, -0.25) is 14.4 Å². The van der Waals surface area contributed by atoms with Gasteiger partial charge in [-0.05, 0) is 54.8 Å². The van der Waals surface area contributed by atoms with Crippen molar-refractivity contribution in [2.75, 3.05) is 48.0 Å². The minimum atomic E-state index is -0.220. The summed E-state index contributed by atoms with van der Waals surface area (Å²) in [4.78, 5) is 54.5. The third-order valence-electron chi connectivity index (χ3n) is 9.90. The molecule has 7 rings (SSSR count). The topological polar surface area (TPSA) is 132 Å². The van der Waals surface area contributed by atoms with Crippen LogP contribution in [0.5, 0.6) is 5.75 Å². The van der Waals surface area contributed by atoms with Gasteiger partial charge in [-0.25, -0.2) is 9.98 Å². The van der Waals surface area contributed by atoms with Gasteiger partial charge < -0.3 is 25.5 Å². The number of amides is 3. The van der Waals surface area contributed by atoms with Crippen LogP contribution in [0.25, 0.3) is 0 Å². The molecular weight excluding hydrogens is 937 g/mol. The normalized spacial score (nSPS) is 10.4. The molecule has 3 N–H and O–H groups in total. The van der Waals surface area contributed by atoms with Gasteiger partial charge in [0.1, 0.15) is 4.88 Å². The fourth-order valence-electron chi connectivity index (χ4n) is 6.32. The van der Waals surface area contributed by atoms with Crippen molar-refractivity contribution < 1.29 is 19.5 Å². The van der Waals surface area contributed by atoms with Crippen molar-refractivity contribution in [1.82, 2.24) is 14.7 Å². The third kappa shape index (κ3) is 12.1. The van der Waals surface area contributed by atoms with E-state index < -0.39 is 0 Å². The highest BCUT2D eigenvalue weighted by Crippen LogP contribution is 2.41. The van der Waals surface area contributed by atoms with Crippen LogP contribution in [0.2, 0.25) is 0 Å². The molecule has 3 aromatic heterocycles. The molecule has 0 atom stereocenters. The smallest absolute Gasteiger partial charge is 0.267 e.